The molecular weight excluding hydrogens is 416 g/mol. The van der Waals surface area contributed by atoms with Gasteiger partial charge >= 0.3 is 0 Å². The molecule has 0 spiro atoms. The summed E-state index contributed by atoms with van der Waals surface area (Å²) < 4.78 is 27.0. The second kappa shape index (κ2) is 8.34. The maximum atomic E-state index is 12.2. The lowest BCUT2D eigenvalue weighted by Crippen LogP contribution is -2.15. The molecule has 0 saturated heterocycles. The average molecular weight is 435 g/mol. The fourth-order valence-corrected chi connectivity index (χ4v) is 4.68. The summed E-state index contributed by atoms with van der Waals surface area (Å²) in [5, 5.41) is 4.37. The van der Waals surface area contributed by atoms with Gasteiger partial charge in [-0.3, -0.25) is 9.52 Å². The third-order valence-corrected chi connectivity index (χ3v) is 7.03. The van der Waals surface area contributed by atoms with E-state index in [4.69, 9.17) is 11.6 Å². The van der Waals surface area contributed by atoms with E-state index in [-0.39, 0.29) is 11.7 Å². The van der Waals surface area contributed by atoms with Gasteiger partial charge in [0.25, 0.3) is 0 Å². The van der Waals surface area contributed by atoms with Gasteiger partial charge in [0, 0.05) is 26.7 Å². The van der Waals surface area contributed by atoms with Crippen LogP contribution >= 0.6 is 22.9 Å². The zero-order chi connectivity index (χ0) is 20.3. The van der Waals surface area contributed by atoms with Gasteiger partial charge in [-0.2, -0.15) is 0 Å². The summed E-state index contributed by atoms with van der Waals surface area (Å²) in [7, 11) is -3.35. The first-order chi connectivity index (χ1) is 13.3. The molecule has 0 aliphatic heterocycles. The molecule has 5 nitrogen and oxygen atoms in total. The van der Waals surface area contributed by atoms with Crippen LogP contribution < -0.4 is 10.0 Å². The van der Waals surface area contributed by atoms with E-state index in [2.05, 4.69) is 10.0 Å². The van der Waals surface area contributed by atoms with Crippen molar-refractivity contribution in [2.24, 2.45) is 0 Å². The van der Waals surface area contributed by atoms with Crippen LogP contribution in [0.3, 0.4) is 0 Å². The van der Waals surface area contributed by atoms with Crippen LogP contribution in [0.25, 0.3) is 16.2 Å². The van der Waals surface area contributed by atoms with Gasteiger partial charge in [0.2, 0.25) is 15.9 Å². The minimum absolute atomic E-state index is 0.00396. The van der Waals surface area contributed by atoms with Gasteiger partial charge in [-0.1, -0.05) is 29.8 Å². The summed E-state index contributed by atoms with van der Waals surface area (Å²) in [6.07, 6.45) is 3.12. The normalized spacial score (nSPS) is 11.8. The number of hydrogen-bond donors (Lipinski definition) is 2. The molecule has 3 aromatic rings. The highest BCUT2D eigenvalue weighted by Gasteiger charge is 2.10. The Hall–Kier alpha value is -2.35. The smallest absolute Gasteiger partial charge is 0.248 e. The van der Waals surface area contributed by atoms with Crippen LogP contribution in [-0.4, -0.2) is 20.1 Å². The number of hydrogen-bond acceptors (Lipinski definition) is 4. The Bertz CT molecular complexity index is 1170. The summed E-state index contributed by atoms with van der Waals surface area (Å²) in [6.45, 7) is 3.34. The van der Waals surface area contributed by atoms with Crippen molar-refractivity contribution in [1.29, 1.82) is 0 Å². The van der Waals surface area contributed by atoms with Gasteiger partial charge < -0.3 is 5.32 Å². The lowest BCUT2D eigenvalue weighted by molar-refractivity contribution is -0.111. The summed E-state index contributed by atoms with van der Waals surface area (Å²) in [5.74, 6) is -0.300. The van der Waals surface area contributed by atoms with Crippen LogP contribution in [0.5, 0.6) is 0 Å². The van der Waals surface area contributed by atoms with Gasteiger partial charge in [-0.25, -0.2) is 8.42 Å². The molecule has 0 saturated carbocycles. The molecule has 0 radical (unpaired) electrons. The van der Waals surface area contributed by atoms with E-state index in [0.29, 0.717) is 22.0 Å². The summed E-state index contributed by atoms with van der Waals surface area (Å²) in [4.78, 5) is 13.1. The summed E-state index contributed by atoms with van der Waals surface area (Å²) >= 11 is 7.90. The van der Waals surface area contributed by atoms with Gasteiger partial charge in [-0.15, -0.1) is 11.3 Å². The lowest BCUT2D eigenvalue weighted by atomic mass is 10.2. The first kappa shape index (κ1) is 20.4. The van der Waals surface area contributed by atoms with Crippen LogP contribution in [0.4, 0.5) is 11.4 Å². The quantitative estimate of drug-likeness (QED) is 0.518. The maximum Gasteiger partial charge on any atom is 0.248 e. The Labute approximate surface area is 173 Å². The second-order valence-electron chi connectivity index (χ2n) is 6.13. The maximum absolute atomic E-state index is 12.2. The van der Waals surface area contributed by atoms with Crippen molar-refractivity contribution < 1.29 is 13.2 Å². The van der Waals surface area contributed by atoms with E-state index in [1.807, 2.05) is 24.3 Å². The number of amides is 1. The van der Waals surface area contributed by atoms with Crippen LogP contribution in [0.2, 0.25) is 5.02 Å². The fraction of sp³-hybridized carbons (Fsp3) is 0.150. The number of halogens is 1. The number of carbonyl (C=O) groups excluding carboxylic acids is 1. The third kappa shape index (κ3) is 4.73. The first-order valence-corrected chi connectivity index (χ1v) is 11.4. The van der Waals surface area contributed by atoms with Crippen molar-refractivity contribution in [2.75, 3.05) is 15.8 Å². The second-order valence-corrected chi connectivity index (χ2v) is 9.61. The van der Waals surface area contributed by atoms with Crippen molar-refractivity contribution in [1.82, 2.24) is 0 Å². The van der Waals surface area contributed by atoms with Crippen LogP contribution in [0, 0.1) is 6.92 Å². The van der Waals surface area contributed by atoms with Crippen molar-refractivity contribution in [3.05, 3.63) is 64.0 Å². The number of fused-ring (bicyclic) bond motifs is 1. The number of thiophene rings is 1. The van der Waals surface area contributed by atoms with Gasteiger partial charge in [0.1, 0.15) is 0 Å². The monoisotopic (exact) mass is 434 g/mol. The molecule has 1 amide bonds. The standard InChI is InChI=1S/C20H19ClN2O3S2/c1-3-28(25,26)23-16-9-8-14(12-13(16)2)22-19(24)11-10-18-20(21)15-6-4-5-7-17(15)27-18/h4-12,23H,3H2,1-2H3,(H,22,24). The molecule has 146 valence electrons. The Balaban J connectivity index is 1.71. The number of benzene rings is 2. The lowest BCUT2D eigenvalue weighted by Gasteiger charge is -2.11. The predicted octanol–water partition coefficient (Wildman–Crippen LogP) is 5.28. The fourth-order valence-electron chi connectivity index (χ4n) is 2.57. The van der Waals surface area contributed by atoms with Crippen LogP contribution in [0.15, 0.2) is 48.5 Å². The van der Waals surface area contributed by atoms with Crippen molar-refractivity contribution in [3.8, 4) is 0 Å². The predicted molar refractivity (Wildman–Crippen MR) is 119 cm³/mol. The molecule has 0 atom stereocenters. The van der Waals surface area contributed by atoms with E-state index < -0.39 is 10.0 Å². The Morgan fingerprint density at radius 2 is 1.96 bits per heavy atom. The Kier molecular flexibility index (Phi) is 6.07. The largest absolute Gasteiger partial charge is 0.323 e. The average Bonchev–Trinajstić information content (AvgIpc) is 2.98. The number of aryl methyl sites for hydroxylation is 1. The van der Waals surface area contributed by atoms with E-state index in [1.54, 1.807) is 38.1 Å². The van der Waals surface area contributed by atoms with Crippen LogP contribution in [-0.2, 0) is 14.8 Å². The molecule has 2 aromatic carbocycles. The molecule has 8 heteroatoms. The minimum Gasteiger partial charge on any atom is -0.323 e. The van der Waals surface area contributed by atoms with Gasteiger partial charge in [0.05, 0.1) is 16.5 Å². The third-order valence-electron chi connectivity index (χ3n) is 4.09. The van der Waals surface area contributed by atoms with Crippen molar-refractivity contribution >= 4 is 66.4 Å². The van der Waals surface area contributed by atoms with E-state index in [9.17, 15) is 13.2 Å². The number of sulfonamides is 1. The zero-order valence-corrected chi connectivity index (χ0v) is 17.7. The number of anilines is 2. The molecule has 1 aromatic heterocycles. The van der Waals surface area contributed by atoms with Crippen LogP contribution in [0.1, 0.15) is 17.4 Å². The molecule has 0 aliphatic carbocycles. The van der Waals surface area contributed by atoms with Gasteiger partial charge in [0.15, 0.2) is 0 Å². The zero-order valence-electron chi connectivity index (χ0n) is 15.3. The molecule has 2 N–H and O–H groups in total. The molecule has 3 rings (SSSR count). The highest BCUT2D eigenvalue weighted by Crippen LogP contribution is 2.35. The topological polar surface area (TPSA) is 75.3 Å². The SMILES string of the molecule is CCS(=O)(=O)Nc1ccc(NC(=O)C=Cc2sc3ccccc3c2Cl)cc1C. The highest BCUT2D eigenvalue weighted by molar-refractivity contribution is 7.92. The molecule has 0 aliphatic rings. The van der Waals surface area contributed by atoms with E-state index in [0.717, 1.165) is 15.0 Å². The first-order valence-electron chi connectivity index (χ1n) is 8.56. The van der Waals surface area contributed by atoms with Crippen molar-refractivity contribution in [3.63, 3.8) is 0 Å². The Morgan fingerprint density at radius 3 is 2.64 bits per heavy atom. The molecule has 0 bridgehead atoms. The number of rotatable bonds is 6. The number of carbonyl (C=O) groups is 1. The Morgan fingerprint density at radius 1 is 1.21 bits per heavy atom. The molecule has 0 fully saturated rings. The molecular formula is C20H19ClN2O3S2. The van der Waals surface area contributed by atoms with Crippen molar-refractivity contribution in [2.45, 2.75) is 13.8 Å². The van der Waals surface area contributed by atoms with E-state index >= 15 is 0 Å². The summed E-state index contributed by atoms with van der Waals surface area (Å²) in [6, 6.07) is 12.8. The minimum atomic E-state index is -3.35. The molecule has 1 heterocycles. The molecule has 28 heavy (non-hydrogen) atoms. The number of nitrogens with one attached hydrogen (secondary N) is 2. The molecule has 0 unspecified atom stereocenters. The highest BCUT2D eigenvalue weighted by atomic mass is 35.5. The van der Waals surface area contributed by atoms with E-state index in [1.165, 1.54) is 17.4 Å². The van der Waals surface area contributed by atoms with Gasteiger partial charge in [-0.05, 0) is 49.8 Å². The summed E-state index contributed by atoms with van der Waals surface area (Å²) in [5.41, 5.74) is 1.79.